The zero-order chi connectivity index (χ0) is 24.0. The van der Waals surface area contributed by atoms with E-state index in [1.807, 2.05) is 0 Å². The number of nitrogens with zero attached hydrogens (tertiary/aromatic N) is 1. The summed E-state index contributed by atoms with van der Waals surface area (Å²) in [6, 6.07) is 9.04. The molecule has 4 N–H and O–H groups in total. The quantitative estimate of drug-likeness (QED) is 0.470. The van der Waals surface area contributed by atoms with Crippen LogP contribution < -0.4 is 20.5 Å². The normalized spacial score (nSPS) is 15.9. The first-order valence-electron chi connectivity index (χ1n) is 10.6. The molecule has 10 heteroatoms. The molecule has 1 heterocycles. The van der Waals surface area contributed by atoms with Crippen LogP contribution in [0.5, 0.6) is 11.5 Å². The van der Waals surface area contributed by atoms with Crippen molar-refractivity contribution in [2.75, 3.05) is 39.0 Å². The number of rotatable bonds is 9. The van der Waals surface area contributed by atoms with Crippen LogP contribution in [0, 0.1) is 5.92 Å². The summed E-state index contributed by atoms with van der Waals surface area (Å²) in [5, 5.41) is 13.7. The Morgan fingerprint density at radius 2 is 1.94 bits per heavy atom. The van der Waals surface area contributed by atoms with Crippen LogP contribution in [0.15, 0.2) is 36.4 Å². The highest BCUT2D eigenvalue weighted by atomic mass is 35.5. The number of aliphatic hydroxyl groups excluding tert-OH is 1. The van der Waals surface area contributed by atoms with E-state index in [-0.39, 0.29) is 11.7 Å². The monoisotopic (exact) mass is 483 g/mol. The summed E-state index contributed by atoms with van der Waals surface area (Å²) in [5.41, 5.74) is 7.09. The van der Waals surface area contributed by atoms with E-state index in [1.165, 1.54) is 31.4 Å². The number of alkyl halides is 2. The third-order valence-electron chi connectivity index (χ3n) is 5.74. The zero-order valence-corrected chi connectivity index (χ0v) is 19.0. The molecule has 1 aliphatic rings. The number of likely N-dealkylation sites (tertiary alicyclic amines) is 1. The molecule has 0 aromatic heterocycles. The lowest BCUT2D eigenvalue weighted by Crippen LogP contribution is -2.40. The van der Waals surface area contributed by atoms with Gasteiger partial charge in [-0.15, -0.1) is 0 Å². The van der Waals surface area contributed by atoms with E-state index >= 15 is 0 Å². The van der Waals surface area contributed by atoms with Gasteiger partial charge in [0.1, 0.15) is 11.5 Å². The van der Waals surface area contributed by atoms with Gasteiger partial charge < -0.3 is 30.5 Å². The van der Waals surface area contributed by atoms with Crippen LogP contribution in [0.3, 0.4) is 0 Å². The Morgan fingerprint density at radius 3 is 2.55 bits per heavy atom. The molecule has 0 radical (unpaired) electrons. The Hall–Kier alpha value is -2.62. The second kappa shape index (κ2) is 11.5. The molecule has 1 saturated heterocycles. The number of anilines is 1. The number of nitrogens with one attached hydrogen (secondary N) is 1. The van der Waals surface area contributed by atoms with Gasteiger partial charge in [0.15, 0.2) is 0 Å². The highest BCUT2D eigenvalue weighted by molar-refractivity contribution is 6.33. The minimum Gasteiger partial charge on any atom is -0.496 e. The van der Waals surface area contributed by atoms with Crippen LogP contribution in [0.2, 0.25) is 5.02 Å². The van der Waals surface area contributed by atoms with E-state index in [0.29, 0.717) is 46.6 Å². The third kappa shape index (κ3) is 6.93. The highest BCUT2D eigenvalue weighted by Gasteiger charge is 2.23. The Balaban J connectivity index is 1.44. The molecule has 3 rings (SSSR count). The fourth-order valence-electron chi connectivity index (χ4n) is 3.84. The molecule has 1 atom stereocenters. The van der Waals surface area contributed by atoms with E-state index in [0.717, 1.165) is 25.9 Å². The number of nitrogen functional groups attached to an aromatic ring is 1. The molecule has 0 bridgehead atoms. The van der Waals surface area contributed by atoms with Crippen molar-refractivity contribution in [2.24, 2.45) is 5.92 Å². The second-order valence-electron chi connectivity index (χ2n) is 7.99. The maximum Gasteiger partial charge on any atom is 0.387 e. The SMILES string of the molecule is COc1cc(N)c(Cl)cc1C(=O)NCC1CCN(CC(O)c2ccc(OC(F)F)cc2)CC1. The molecule has 2 aromatic rings. The lowest BCUT2D eigenvalue weighted by molar-refractivity contribution is -0.0498. The summed E-state index contributed by atoms with van der Waals surface area (Å²) in [4.78, 5) is 14.7. The van der Waals surface area contributed by atoms with E-state index in [4.69, 9.17) is 22.1 Å². The Bertz CT molecular complexity index is 938. The van der Waals surface area contributed by atoms with Gasteiger partial charge in [-0.2, -0.15) is 8.78 Å². The summed E-state index contributed by atoms with van der Waals surface area (Å²) in [6.07, 6.45) is 1.01. The number of methoxy groups -OCH3 is 1. The minimum absolute atomic E-state index is 0.0580. The number of nitrogens with two attached hydrogens (primary N) is 1. The summed E-state index contributed by atoms with van der Waals surface area (Å²) in [5.74, 6) is 0.462. The van der Waals surface area contributed by atoms with Crippen molar-refractivity contribution in [3.8, 4) is 11.5 Å². The lowest BCUT2D eigenvalue weighted by atomic mass is 9.96. The van der Waals surface area contributed by atoms with Gasteiger partial charge >= 0.3 is 6.61 Å². The van der Waals surface area contributed by atoms with Crippen LogP contribution >= 0.6 is 11.6 Å². The Kier molecular flexibility index (Phi) is 8.71. The largest absolute Gasteiger partial charge is 0.496 e. The number of hydrogen-bond donors (Lipinski definition) is 3. The van der Waals surface area contributed by atoms with Crippen molar-refractivity contribution in [3.63, 3.8) is 0 Å². The number of carbonyl (C=O) groups is 1. The van der Waals surface area contributed by atoms with Crippen LogP contribution in [0.1, 0.15) is 34.9 Å². The molecular formula is C23H28ClF2N3O4. The Morgan fingerprint density at radius 1 is 1.27 bits per heavy atom. The molecule has 1 unspecified atom stereocenters. The van der Waals surface area contributed by atoms with Crippen molar-refractivity contribution in [1.82, 2.24) is 10.2 Å². The van der Waals surface area contributed by atoms with Crippen LogP contribution in [-0.4, -0.2) is 55.8 Å². The number of halogens is 3. The van der Waals surface area contributed by atoms with Crippen molar-refractivity contribution in [2.45, 2.75) is 25.6 Å². The first kappa shape index (κ1) is 25.0. The van der Waals surface area contributed by atoms with Crippen LogP contribution in [0.25, 0.3) is 0 Å². The maximum absolute atomic E-state index is 12.6. The molecule has 2 aromatic carbocycles. The predicted molar refractivity (Wildman–Crippen MR) is 122 cm³/mol. The van der Waals surface area contributed by atoms with Gasteiger partial charge in [0.2, 0.25) is 0 Å². The molecule has 1 amide bonds. The average Bonchev–Trinajstić information content (AvgIpc) is 2.80. The standard InChI is InChI=1S/C23H28ClF2N3O4/c1-32-21-11-19(27)18(24)10-17(21)22(31)28-12-14-6-8-29(9-7-14)13-20(30)15-2-4-16(5-3-15)33-23(25)26/h2-5,10-11,14,20,23,30H,6-9,12-13,27H2,1H3,(H,28,31). The molecule has 0 aliphatic carbocycles. The smallest absolute Gasteiger partial charge is 0.387 e. The van der Waals surface area contributed by atoms with Gasteiger partial charge in [-0.25, -0.2) is 0 Å². The summed E-state index contributed by atoms with van der Waals surface area (Å²) < 4.78 is 34.1. The third-order valence-corrected chi connectivity index (χ3v) is 6.07. The molecule has 0 spiro atoms. The average molecular weight is 484 g/mol. The number of hydrogen-bond acceptors (Lipinski definition) is 6. The van der Waals surface area contributed by atoms with Gasteiger partial charge in [-0.1, -0.05) is 23.7 Å². The van der Waals surface area contributed by atoms with E-state index < -0.39 is 12.7 Å². The molecule has 33 heavy (non-hydrogen) atoms. The Labute approximate surface area is 196 Å². The topological polar surface area (TPSA) is 97.0 Å². The summed E-state index contributed by atoms with van der Waals surface area (Å²) in [6.45, 7) is -0.359. The lowest BCUT2D eigenvalue weighted by Gasteiger charge is -2.33. The second-order valence-corrected chi connectivity index (χ2v) is 8.40. The molecule has 0 saturated carbocycles. The molecule has 7 nitrogen and oxygen atoms in total. The van der Waals surface area contributed by atoms with Gasteiger partial charge in [0, 0.05) is 19.2 Å². The van der Waals surface area contributed by atoms with Gasteiger partial charge in [-0.05, 0) is 55.6 Å². The number of piperidine rings is 1. The number of ether oxygens (including phenoxy) is 2. The number of benzene rings is 2. The van der Waals surface area contributed by atoms with Crippen molar-refractivity contribution >= 4 is 23.2 Å². The van der Waals surface area contributed by atoms with Gasteiger partial charge in [-0.3, -0.25) is 4.79 Å². The predicted octanol–water partition coefficient (Wildman–Crippen LogP) is 3.71. The zero-order valence-electron chi connectivity index (χ0n) is 18.3. The summed E-state index contributed by atoms with van der Waals surface area (Å²) >= 11 is 6.04. The van der Waals surface area contributed by atoms with Gasteiger partial charge in [0.05, 0.1) is 29.5 Å². The van der Waals surface area contributed by atoms with Crippen molar-refractivity contribution in [1.29, 1.82) is 0 Å². The van der Waals surface area contributed by atoms with E-state index in [9.17, 15) is 18.7 Å². The maximum atomic E-state index is 12.6. The highest BCUT2D eigenvalue weighted by Crippen LogP contribution is 2.29. The van der Waals surface area contributed by atoms with Gasteiger partial charge in [0.25, 0.3) is 5.91 Å². The number of carbonyl (C=O) groups excluding carboxylic acids is 1. The number of aliphatic hydroxyl groups is 1. The van der Waals surface area contributed by atoms with Crippen LogP contribution in [0.4, 0.5) is 14.5 Å². The molecule has 180 valence electrons. The minimum atomic E-state index is -2.88. The van der Waals surface area contributed by atoms with E-state index in [2.05, 4.69) is 15.0 Å². The molecule has 1 aliphatic heterocycles. The van der Waals surface area contributed by atoms with Crippen LogP contribution in [-0.2, 0) is 0 Å². The number of β-amino-alcohol motifs (C(OH)–C–C–N with tert-alkyl or cyclic N) is 1. The van der Waals surface area contributed by atoms with Crippen molar-refractivity contribution < 1.29 is 28.2 Å². The first-order valence-corrected chi connectivity index (χ1v) is 11.0. The van der Waals surface area contributed by atoms with E-state index in [1.54, 1.807) is 12.1 Å². The summed E-state index contributed by atoms with van der Waals surface area (Å²) in [7, 11) is 1.47. The number of amides is 1. The fourth-order valence-corrected chi connectivity index (χ4v) is 4.01. The first-order chi connectivity index (χ1) is 15.8. The molecule has 1 fully saturated rings. The van der Waals surface area contributed by atoms with Crippen molar-refractivity contribution in [3.05, 3.63) is 52.5 Å². The molecular weight excluding hydrogens is 456 g/mol. The fraction of sp³-hybridized carbons (Fsp3) is 0.435.